The predicted octanol–water partition coefficient (Wildman–Crippen LogP) is 0.274. The third-order valence-electron chi connectivity index (χ3n) is 5.74. The Morgan fingerprint density at radius 2 is 1.89 bits per heavy atom. The maximum absolute atomic E-state index is 12.7. The van der Waals surface area contributed by atoms with Crippen LogP contribution >= 0.6 is 0 Å². The second-order valence-electron chi connectivity index (χ2n) is 7.47. The number of aromatic nitrogens is 2. The van der Waals surface area contributed by atoms with Crippen LogP contribution < -0.4 is 0 Å². The summed E-state index contributed by atoms with van der Waals surface area (Å²) >= 11 is 0. The minimum Gasteiger partial charge on any atom is -0.378 e. The minimum atomic E-state index is -0.366. The van der Waals surface area contributed by atoms with Crippen LogP contribution in [-0.4, -0.2) is 83.2 Å². The van der Waals surface area contributed by atoms with Crippen LogP contribution in [0.1, 0.15) is 24.8 Å². The summed E-state index contributed by atoms with van der Waals surface area (Å²) in [5.74, 6) is 0.574. The van der Waals surface area contributed by atoms with Gasteiger partial charge in [0.25, 0.3) is 5.91 Å². The Bertz CT molecular complexity index is 665. The van der Waals surface area contributed by atoms with Crippen molar-refractivity contribution < 1.29 is 19.1 Å². The number of carbonyl (C=O) groups is 2. The minimum absolute atomic E-state index is 0.0299. The van der Waals surface area contributed by atoms with Gasteiger partial charge in [0.15, 0.2) is 0 Å². The van der Waals surface area contributed by atoms with Gasteiger partial charge in [-0.2, -0.15) is 0 Å². The maximum Gasteiger partial charge on any atom is 0.251 e. The number of hydrogen-bond donors (Lipinski definition) is 0. The Kier molecular flexibility index (Phi) is 5.63. The number of nitrogens with zero attached hydrogens (tertiary/aromatic N) is 4. The Balaban J connectivity index is 1.28. The molecule has 4 rings (SSSR count). The Morgan fingerprint density at radius 1 is 1.11 bits per heavy atom. The second kappa shape index (κ2) is 8.31. The van der Waals surface area contributed by atoms with Gasteiger partial charge in [-0.15, -0.1) is 0 Å². The summed E-state index contributed by atoms with van der Waals surface area (Å²) in [6.07, 6.45) is 7.34. The van der Waals surface area contributed by atoms with Gasteiger partial charge in [-0.1, -0.05) is 0 Å². The molecular formula is C19H26N4O4. The molecule has 8 heteroatoms. The van der Waals surface area contributed by atoms with Gasteiger partial charge < -0.3 is 19.3 Å². The normalized spacial score (nSPS) is 28.1. The van der Waals surface area contributed by atoms with Crippen molar-refractivity contribution >= 4 is 11.8 Å². The van der Waals surface area contributed by atoms with Gasteiger partial charge >= 0.3 is 0 Å². The number of morpholine rings is 1. The fourth-order valence-electron chi connectivity index (χ4n) is 4.17. The number of hydrogen-bond acceptors (Lipinski definition) is 6. The quantitative estimate of drug-likeness (QED) is 0.752. The van der Waals surface area contributed by atoms with Gasteiger partial charge in [-0.25, -0.2) is 9.97 Å². The lowest BCUT2D eigenvalue weighted by molar-refractivity contribution is -0.148. The SMILES string of the molecule is O=C(CCc1cncnc1)N1CC[C@H]2CC(C(=O)N3CCOCC3)O[C@H]2C1. The average Bonchev–Trinajstić information content (AvgIpc) is 3.16. The summed E-state index contributed by atoms with van der Waals surface area (Å²) in [6, 6.07) is 0. The molecule has 0 aliphatic carbocycles. The number of carbonyl (C=O) groups excluding carboxylic acids is 2. The lowest BCUT2D eigenvalue weighted by atomic mass is 9.91. The third-order valence-corrected chi connectivity index (χ3v) is 5.74. The molecule has 0 aromatic carbocycles. The molecular weight excluding hydrogens is 348 g/mol. The lowest BCUT2D eigenvalue weighted by Crippen LogP contribution is -2.46. The monoisotopic (exact) mass is 374 g/mol. The van der Waals surface area contributed by atoms with E-state index in [2.05, 4.69) is 9.97 Å². The molecule has 0 spiro atoms. The van der Waals surface area contributed by atoms with Crippen LogP contribution in [0.2, 0.25) is 0 Å². The molecule has 0 N–H and O–H groups in total. The Hall–Kier alpha value is -2.06. The van der Waals surface area contributed by atoms with Crippen molar-refractivity contribution in [3.63, 3.8) is 0 Å². The van der Waals surface area contributed by atoms with E-state index in [4.69, 9.17) is 9.47 Å². The van der Waals surface area contributed by atoms with Gasteiger partial charge in [-0.05, 0) is 30.7 Å². The fourth-order valence-corrected chi connectivity index (χ4v) is 4.17. The smallest absolute Gasteiger partial charge is 0.251 e. The molecule has 2 amide bonds. The van der Waals surface area contributed by atoms with E-state index in [-0.39, 0.29) is 24.0 Å². The zero-order chi connectivity index (χ0) is 18.6. The second-order valence-corrected chi connectivity index (χ2v) is 7.47. The van der Waals surface area contributed by atoms with Crippen molar-refractivity contribution in [2.75, 3.05) is 39.4 Å². The summed E-state index contributed by atoms with van der Waals surface area (Å²) in [7, 11) is 0. The molecule has 0 saturated carbocycles. The molecule has 3 saturated heterocycles. The van der Waals surface area contributed by atoms with E-state index >= 15 is 0 Å². The molecule has 3 atom stereocenters. The van der Waals surface area contributed by atoms with Crippen LogP contribution in [0, 0.1) is 5.92 Å². The van der Waals surface area contributed by atoms with Crippen LogP contribution in [0.3, 0.4) is 0 Å². The predicted molar refractivity (Wildman–Crippen MR) is 95.7 cm³/mol. The van der Waals surface area contributed by atoms with Crippen LogP contribution in [-0.2, 0) is 25.5 Å². The molecule has 0 bridgehead atoms. The summed E-state index contributed by atoms with van der Waals surface area (Å²) in [6.45, 7) is 3.80. The van der Waals surface area contributed by atoms with Gasteiger partial charge in [0.1, 0.15) is 12.4 Å². The lowest BCUT2D eigenvalue weighted by Gasteiger charge is -2.34. The van der Waals surface area contributed by atoms with E-state index < -0.39 is 0 Å². The molecule has 27 heavy (non-hydrogen) atoms. The summed E-state index contributed by atoms with van der Waals surface area (Å²) in [5, 5.41) is 0. The van der Waals surface area contributed by atoms with Gasteiger partial charge in [0.05, 0.1) is 19.3 Å². The first-order valence-corrected chi connectivity index (χ1v) is 9.74. The van der Waals surface area contributed by atoms with Crippen molar-refractivity contribution in [3.05, 3.63) is 24.3 Å². The number of ether oxygens (including phenoxy) is 2. The molecule has 3 aliphatic heterocycles. The highest BCUT2D eigenvalue weighted by molar-refractivity contribution is 5.81. The van der Waals surface area contributed by atoms with Crippen LogP contribution in [0.25, 0.3) is 0 Å². The maximum atomic E-state index is 12.7. The first kappa shape index (κ1) is 18.3. The standard InChI is InChI=1S/C19H26N4O4/c24-18(2-1-14-10-20-13-21-11-14)23-4-3-15-9-16(27-17(15)12-23)19(25)22-5-7-26-8-6-22/h10-11,13,15-17H,1-9,12H2/t15-,16?,17-/m0/s1. The molecule has 146 valence electrons. The van der Waals surface area contributed by atoms with Crippen molar-refractivity contribution in [2.45, 2.75) is 37.9 Å². The van der Waals surface area contributed by atoms with Crippen LogP contribution in [0.15, 0.2) is 18.7 Å². The Labute approximate surface area is 158 Å². The highest BCUT2D eigenvalue weighted by Gasteiger charge is 2.43. The topological polar surface area (TPSA) is 84.9 Å². The number of likely N-dealkylation sites (tertiary alicyclic amines) is 1. The van der Waals surface area contributed by atoms with Crippen molar-refractivity contribution in [3.8, 4) is 0 Å². The van der Waals surface area contributed by atoms with Crippen molar-refractivity contribution in [1.29, 1.82) is 0 Å². The fraction of sp³-hybridized carbons (Fsp3) is 0.684. The molecule has 1 unspecified atom stereocenters. The molecule has 1 aromatic rings. The van der Waals surface area contributed by atoms with Gasteiger partial charge in [0, 0.05) is 45.0 Å². The number of amides is 2. The van der Waals surface area contributed by atoms with E-state index in [9.17, 15) is 9.59 Å². The average molecular weight is 374 g/mol. The molecule has 0 radical (unpaired) electrons. The molecule has 3 aliphatic rings. The number of rotatable bonds is 4. The van der Waals surface area contributed by atoms with Gasteiger partial charge in [0.2, 0.25) is 5.91 Å². The summed E-state index contributed by atoms with van der Waals surface area (Å²) < 4.78 is 11.4. The van der Waals surface area contributed by atoms with E-state index in [1.807, 2.05) is 9.80 Å². The first-order valence-electron chi connectivity index (χ1n) is 9.74. The van der Waals surface area contributed by atoms with Crippen LogP contribution in [0.4, 0.5) is 0 Å². The largest absolute Gasteiger partial charge is 0.378 e. The molecule has 8 nitrogen and oxygen atoms in total. The number of aryl methyl sites for hydroxylation is 1. The van der Waals surface area contributed by atoms with E-state index in [1.165, 1.54) is 6.33 Å². The van der Waals surface area contributed by atoms with Crippen molar-refractivity contribution in [1.82, 2.24) is 19.8 Å². The summed E-state index contributed by atoms with van der Waals surface area (Å²) in [4.78, 5) is 36.9. The third kappa shape index (κ3) is 4.27. The van der Waals surface area contributed by atoms with E-state index in [1.54, 1.807) is 12.4 Å². The zero-order valence-corrected chi connectivity index (χ0v) is 15.5. The highest BCUT2D eigenvalue weighted by Crippen LogP contribution is 2.34. The number of fused-ring (bicyclic) bond motifs is 1. The highest BCUT2D eigenvalue weighted by atomic mass is 16.5. The number of piperidine rings is 1. The molecule has 4 heterocycles. The zero-order valence-electron chi connectivity index (χ0n) is 15.5. The van der Waals surface area contributed by atoms with Gasteiger partial charge in [-0.3, -0.25) is 9.59 Å². The van der Waals surface area contributed by atoms with Crippen LogP contribution in [0.5, 0.6) is 0 Å². The molecule has 1 aromatic heterocycles. The Morgan fingerprint density at radius 3 is 2.67 bits per heavy atom. The summed E-state index contributed by atoms with van der Waals surface area (Å²) in [5.41, 5.74) is 0.967. The van der Waals surface area contributed by atoms with E-state index in [0.29, 0.717) is 51.6 Å². The first-order chi connectivity index (χ1) is 13.2. The van der Waals surface area contributed by atoms with E-state index in [0.717, 1.165) is 24.9 Å². The molecule has 3 fully saturated rings. The van der Waals surface area contributed by atoms with Crippen molar-refractivity contribution in [2.24, 2.45) is 5.92 Å².